The molecule has 1 saturated carbocycles. The predicted octanol–water partition coefficient (Wildman–Crippen LogP) is 4.09. The summed E-state index contributed by atoms with van der Waals surface area (Å²) in [5.74, 6) is 0.120. The van der Waals surface area contributed by atoms with Crippen LogP contribution in [0.4, 0.5) is 5.69 Å². The SMILES string of the molecule is CC1CCCC[C@@H]1Nc1c(C(N)=O)cnn2cc(-c3ccccc3)cc12. The zero-order chi connectivity index (χ0) is 18.1. The van der Waals surface area contributed by atoms with Crippen LogP contribution in [-0.4, -0.2) is 21.6 Å². The molecule has 4 rings (SSSR count). The Morgan fingerprint density at radius 1 is 1.19 bits per heavy atom. The topological polar surface area (TPSA) is 72.4 Å². The van der Waals surface area contributed by atoms with Crippen LogP contribution in [0.2, 0.25) is 0 Å². The van der Waals surface area contributed by atoms with Crippen LogP contribution in [-0.2, 0) is 0 Å². The second-order valence-corrected chi connectivity index (χ2v) is 7.23. The quantitative estimate of drug-likeness (QED) is 0.746. The lowest BCUT2D eigenvalue weighted by molar-refractivity contribution is 0.100. The number of hydrogen-bond donors (Lipinski definition) is 2. The van der Waals surface area contributed by atoms with Crippen LogP contribution >= 0.6 is 0 Å². The first-order valence-electron chi connectivity index (χ1n) is 9.26. The lowest BCUT2D eigenvalue weighted by Crippen LogP contribution is -2.31. The molecule has 134 valence electrons. The Balaban J connectivity index is 1.81. The minimum absolute atomic E-state index is 0.350. The summed E-state index contributed by atoms with van der Waals surface area (Å²) in [6, 6.07) is 12.6. The standard InChI is InChI=1S/C21H24N4O/c1-14-7-5-6-10-18(14)24-20-17(21(22)26)12-23-25-13-16(11-19(20)25)15-8-3-2-4-9-15/h2-4,8-9,11-14,18,24H,5-7,10H2,1H3,(H2,22,26)/t14?,18-/m0/s1. The van der Waals surface area contributed by atoms with Gasteiger partial charge in [0.2, 0.25) is 0 Å². The molecule has 0 bridgehead atoms. The molecule has 1 fully saturated rings. The van der Waals surface area contributed by atoms with Crippen molar-refractivity contribution in [1.29, 1.82) is 0 Å². The van der Waals surface area contributed by atoms with Crippen molar-refractivity contribution in [1.82, 2.24) is 9.61 Å². The molecule has 1 aromatic carbocycles. The number of fused-ring (bicyclic) bond motifs is 1. The van der Waals surface area contributed by atoms with Crippen molar-refractivity contribution < 1.29 is 4.79 Å². The second kappa shape index (κ2) is 6.83. The molecule has 1 amide bonds. The van der Waals surface area contributed by atoms with E-state index in [0.29, 0.717) is 17.5 Å². The van der Waals surface area contributed by atoms with Crippen LogP contribution in [0, 0.1) is 5.92 Å². The minimum Gasteiger partial charge on any atom is -0.380 e. The third-order valence-corrected chi connectivity index (χ3v) is 5.45. The largest absolute Gasteiger partial charge is 0.380 e. The van der Waals surface area contributed by atoms with E-state index in [1.807, 2.05) is 28.9 Å². The third kappa shape index (κ3) is 3.05. The lowest BCUT2D eigenvalue weighted by atomic mass is 9.85. The molecule has 2 heterocycles. The van der Waals surface area contributed by atoms with E-state index in [1.54, 1.807) is 6.20 Å². The highest BCUT2D eigenvalue weighted by molar-refractivity contribution is 6.02. The molecule has 26 heavy (non-hydrogen) atoms. The molecule has 1 aliphatic carbocycles. The van der Waals surface area contributed by atoms with Crippen LogP contribution in [0.25, 0.3) is 16.6 Å². The van der Waals surface area contributed by atoms with E-state index in [4.69, 9.17) is 5.73 Å². The van der Waals surface area contributed by atoms with Crippen molar-refractivity contribution in [3.8, 4) is 11.1 Å². The maximum atomic E-state index is 12.0. The first kappa shape index (κ1) is 16.6. The predicted molar refractivity (Wildman–Crippen MR) is 104 cm³/mol. The van der Waals surface area contributed by atoms with Crippen LogP contribution in [0.5, 0.6) is 0 Å². The molecular weight excluding hydrogens is 324 g/mol. The second-order valence-electron chi connectivity index (χ2n) is 7.23. The van der Waals surface area contributed by atoms with Gasteiger partial charge in [-0.2, -0.15) is 5.10 Å². The van der Waals surface area contributed by atoms with Gasteiger partial charge in [0.25, 0.3) is 5.91 Å². The Morgan fingerprint density at radius 3 is 2.69 bits per heavy atom. The molecule has 3 aromatic rings. The number of amides is 1. The van der Waals surface area contributed by atoms with Gasteiger partial charge in [-0.25, -0.2) is 4.52 Å². The number of rotatable bonds is 4. The summed E-state index contributed by atoms with van der Waals surface area (Å²) in [6.45, 7) is 2.27. The highest BCUT2D eigenvalue weighted by atomic mass is 16.1. The molecule has 1 aliphatic rings. The van der Waals surface area contributed by atoms with Crippen molar-refractivity contribution in [2.75, 3.05) is 5.32 Å². The number of anilines is 1. The van der Waals surface area contributed by atoms with Gasteiger partial charge in [0.1, 0.15) is 0 Å². The van der Waals surface area contributed by atoms with E-state index in [2.05, 4.69) is 35.5 Å². The zero-order valence-corrected chi connectivity index (χ0v) is 15.0. The Bertz CT molecular complexity index is 932. The lowest BCUT2D eigenvalue weighted by Gasteiger charge is -2.31. The number of aromatic nitrogens is 2. The van der Waals surface area contributed by atoms with Gasteiger partial charge in [0.05, 0.1) is 23.0 Å². The summed E-state index contributed by atoms with van der Waals surface area (Å²) in [4.78, 5) is 12.0. The zero-order valence-electron chi connectivity index (χ0n) is 15.0. The molecule has 0 spiro atoms. The molecule has 2 aromatic heterocycles. The Hall–Kier alpha value is -2.82. The Kier molecular flexibility index (Phi) is 4.37. The van der Waals surface area contributed by atoms with Crippen molar-refractivity contribution in [3.05, 3.63) is 54.4 Å². The van der Waals surface area contributed by atoms with Crippen molar-refractivity contribution in [2.45, 2.75) is 38.6 Å². The van der Waals surface area contributed by atoms with Gasteiger partial charge < -0.3 is 11.1 Å². The number of hydrogen-bond acceptors (Lipinski definition) is 3. The number of carbonyl (C=O) groups is 1. The summed E-state index contributed by atoms with van der Waals surface area (Å²) < 4.78 is 1.82. The van der Waals surface area contributed by atoms with E-state index in [1.165, 1.54) is 19.3 Å². The van der Waals surface area contributed by atoms with Gasteiger partial charge in [-0.3, -0.25) is 4.79 Å². The molecule has 3 N–H and O–H groups in total. The van der Waals surface area contributed by atoms with Crippen LogP contribution < -0.4 is 11.1 Å². The highest BCUT2D eigenvalue weighted by Crippen LogP contribution is 2.32. The smallest absolute Gasteiger partial charge is 0.252 e. The summed E-state index contributed by atoms with van der Waals surface area (Å²) in [7, 11) is 0. The summed E-state index contributed by atoms with van der Waals surface area (Å²) in [5.41, 5.74) is 9.96. The first-order chi connectivity index (χ1) is 12.6. The van der Waals surface area contributed by atoms with Crippen molar-refractivity contribution in [3.63, 3.8) is 0 Å². The third-order valence-electron chi connectivity index (χ3n) is 5.45. The van der Waals surface area contributed by atoms with Crippen LogP contribution in [0.15, 0.2) is 48.8 Å². The number of benzene rings is 1. The maximum absolute atomic E-state index is 12.0. The summed E-state index contributed by atoms with van der Waals surface area (Å²) in [5, 5.41) is 8.02. The monoisotopic (exact) mass is 348 g/mol. The van der Waals surface area contributed by atoms with Crippen molar-refractivity contribution in [2.24, 2.45) is 11.7 Å². The summed E-state index contributed by atoms with van der Waals surface area (Å²) >= 11 is 0. The van der Waals surface area contributed by atoms with Gasteiger partial charge in [-0.05, 0) is 30.4 Å². The number of carbonyl (C=O) groups excluding carboxylic acids is 1. The van der Waals surface area contributed by atoms with Crippen LogP contribution in [0.1, 0.15) is 43.0 Å². The van der Waals surface area contributed by atoms with Gasteiger partial charge in [0.15, 0.2) is 0 Å². The van der Waals surface area contributed by atoms with E-state index >= 15 is 0 Å². The molecule has 5 nitrogen and oxygen atoms in total. The Morgan fingerprint density at radius 2 is 1.96 bits per heavy atom. The van der Waals surface area contributed by atoms with Gasteiger partial charge in [-0.15, -0.1) is 0 Å². The number of nitrogens with zero attached hydrogens (tertiary/aromatic N) is 2. The average Bonchev–Trinajstić information content (AvgIpc) is 3.09. The fraction of sp³-hybridized carbons (Fsp3) is 0.333. The normalized spacial score (nSPS) is 20.2. The van der Waals surface area contributed by atoms with E-state index in [9.17, 15) is 4.79 Å². The minimum atomic E-state index is -0.451. The fourth-order valence-corrected chi connectivity index (χ4v) is 3.90. The molecule has 0 radical (unpaired) electrons. The molecule has 1 unspecified atom stereocenters. The number of nitrogens with one attached hydrogen (secondary N) is 1. The number of nitrogens with two attached hydrogens (primary N) is 1. The van der Waals surface area contributed by atoms with E-state index in [-0.39, 0.29) is 0 Å². The maximum Gasteiger partial charge on any atom is 0.252 e. The molecule has 0 aliphatic heterocycles. The first-order valence-corrected chi connectivity index (χ1v) is 9.26. The van der Waals surface area contributed by atoms with Crippen LogP contribution in [0.3, 0.4) is 0 Å². The molecule has 2 atom stereocenters. The van der Waals surface area contributed by atoms with E-state index < -0.39 is 5.91 Å². The van der Waals surface area contributed by atoms with E-state index in [0.717, 1.165) is 28.8 Å². The highest BCUT2D eigenvalue weighted by Gasteiger charge is 2.24. The number of primary amides is 1. The molecule has 0 saturated heterocycles. The van der Waals surface area contributed by atoms with Gasteiger partial charge in [0, 0.05) is 17.8 Å². The van der Waals surface area contributed by atoms with Gasteiger partial charge >= 0.3 is 0 Å². The fourth-order valence-electron chi connectivity index (χ4n) is 3.90. The molecular formula is C21H24N4O. The average molecular weight is 348 g/mol. The van der Waals surface area contributed by atoms with Crippen molar-refractivity contribution >= 4 is 17.1 Å². The van der Waals surface area contributed by atoms with Gasteiger partial charge in [-0.1, -0.05) is 50.1 Å². The summed E-state index contributed by atoms with van der Waals surface area (Å²) in [6.07, 6.45) is 8.37. The Labute approximate surface area is 153 Å². The molecule has 5 heteroatoms.